The molecular weight excluding hydrogens is 372 g/mol. The highest BCUT2D eigenvalue weighted by Gasteiger charge is 2.15. The molecule has 0 N–H and O–H groups in total. The van der Waals surface area contributed by atoms with Crippen LogP contribution in [0.5, 0.6) is 5.75 Å². The summed E-state index contributed by atoms with van der Waals surface area (Å²) < 4.78 is 6.99. The summed E-state index contributed by atoms with van der Waals surface area (Å²) in [6.45, 7) is 1.96. The molecule has 4 heteroatoms. The van der Waals surface area contributed by atoms with E-state index in [0.717, 1.165) is 14.5 Å². The van der Waals surface area contributed by atoms with E-state index in [1.54, 1.807) is 19.2 Å². The average molecular weight is 384 g/mol. The summed E-state index contributed by atoms with van der Waals surface area (Å²) in [5.41, 5.74) is 2.23. The number of hydrogen-bond acceptors (Lipinski definition) is 2. The molecule has 0 aliphatic heterocycles. The fraction of sp³-hybridized carbons (Fsp3) is 0.133. The lowest BCUT2D eigenvalue weighted by atomic mass is 10.0. The van der Waals surface area contributed by atoms with Crippen molar-refractivity contribution in [2.75, 3.05) is 7.11 Å². The van der Waals surface area contributed by atoms with Crippen LogP contribution < -0.4 is 4.74 Å². The molecule has 0 unspecified atom stereocenters. The van der Waals surface area contributed by atoms with Crippen LogP contribution in [0.15, 0.2) is 45.3 Å². The number of ether oxygens (including phenoxy) is 1. The highest BCUT2D eigenvalue weighted by molar-refractivity contribution is 9.10. The van der Waals surface area contributed by atoms with E-state index in [1.165, 1.54) is 0 Å². The lowest BCUT2D eigenvalue weighted by Gasteiger charge is -2.09. The fourth-order valence-electron chi connectivity index (χ4n) is 1.88. The molecule has 0 radical (unpaired) electrons. The van der Waals surface area contributed by atoms with Crippen molar-refractivity contribution in [3.05, 3.63) is 62.0 Å². The van der Waals surface area contributed by atoms with Crippen molar-refractivity contribution in [1.82, 2.24) is 0 Å². The topological polar surface area (TPSA) is 26.3 Å². The van der Waals surface area contributed by atoms with E-state index in [9.17, 15) is 4.79 Å². The van der Waals surface area contributed by atoms with Crippen molar-refractivity contribution in [3.63, 3.8) is 0 Å². The quantitative estimate of drug-likeness (QED) is 0.714. The number of carbonyl (C=O) groups excluding carboxylic acids is 1. The zero-order valence-corrected chi connectivity index (χ0v) is 13.7. The fourth-order valence-corrected chi connectivity index (χ4v) is 2.85. The molecule has 0 bridgehead atoms. The first-order valence-electron chi connectivity index (χ1n) is 5.66. The maximum absolute atomic E-state index is 12.6. The molecule has 0 saturated heterocycles. The lowest BCUT2D eigenvalue weighted by molar-refractivity contribution is 0.103. The van der Waals surface area contributed by atoms with Crippen LogP contribution in [-0.2, 0) is 0 Å². The van der Waals surface area contributed by atoms with Gasteiger partial charge in [0.2, 0.25) is 0 Å². The minimum absolute atomic E-state index is 0.0532. The van der Waals surface area contributed by atoms with Crippen molar-refractivity contribution in [2.45, 2.75) is 6.92 Å². The van der Waals surface area contributed by atoms with Crippen molar-refractivity contribution in [3.8, 4) is 5.75 Å². The summed E-state index contributed by atoms with van der Waals surface area (Å²) in [5, 5.41) is 0. The van der Waals surface area contributed by atoms with Crippen LogP contribution in [0.3, 0.4) is 0 Å². The molecule has 0 heterocycles. The molecule has 0 spiro atoms. The first-order valence-corrected chi connectivity index (χ1v) is 7.25. The monoisotopic (exact) mass is 382 g/mol. The molecule has 0 aliphatic carbocycles. The van der Waals surface area contributed by atoms with Crippen LogP contribution in [-0.4, -0.2) is 12.9 Å². The van der Waals surface area contributed by atoms with Gasteiger partial charge in [0, 0.05) is 14.5 Å². The molecule has 0 aromatic heterocycles. The minimum Gasteiger partial charge on any atom is -0.496 e. The molecule has 0 saturated carbocycles. The van der Waals surface area contributed by atoms with Crippen LogP contribution in [0.4, 0.5) is 0 Å². The van der Waals surface area contributed by atoms with E-state index >= 15 is 0 Å². The van der Waals surface area contributed by atoms with Gasteiger partial charge in [-0.1, -0.05) is 31.9 Å². The van der Waals surface area contributed by atoms with Crippen LogP contribution in [0.1, 0.15) is 21.5 Å². The predicted octanol–water partition coefficient (Wildman–Crippen LogP) is 4.76. The number of methoxy groups -OCH3 is 1. The normalized spacial score (nSPS) is 10.3. The highest BCUT2D eigenvalue weighted by Crippen LogP contribution is 2.26. The molecule has 0 amide bonds. The summed E-state index contributed by atoms with van der Waals surface area (Å²) in [7, 11) is 1.56. The van der Waals surface area contributed by atoms with Crippen molar-refractivity contribution < 1.29 is 9.53 Å². The minimum atomic E-state index is -0.0532. The summed E-state index contributed by atoms with van der Waals surface area (Å²) in [6.07, 6.45) is 0. The predicted molar refractivity (Wildman–Crippen MR) is 83.0 cm³/mol. The maximum Gasteiger partial charge on any atom is 0.196 e. The van der Waals surface area contributed by atoms with Crippen LogP contribution in [0.25, 0.3) is 0 Å². The zero-order valence-electron chi connectivity index (χ0n) is 10.5. The number of ketones is 1. The Balaban J connectivity index is 2.52. The Bertz CT molecular complexity index is 616. The number of benzene rings is 2. The second kappa shape index (κ2) is 5.88. The Morgan fingerprint density at radius 1 is 1.05 bits per heavy atom. The molecule has 0 aliphatic rings. The van der Waals surface area contributed by atoms with Gasteiger partial charge < -0.3 is 4.74 Å². The molecule has 98 valence electrons. The third kappa shape index (κ3) is 3.25. The summed E-state index contributed by atoms with van der Waals surface area (Å²) in [4.78, 5) is 12.6. The highest BCUT2D eigenvalue weighted by atomic mass is 79.9. The van der Waals surface area contributed by atoms with E-state index in [0.29, 0.717) is 16.9 Å². The molecule has 2 rings (SSSR count). The number of carbonyl (C=O) groups is 1. The molecular formula is C15H12Br2O2. The maximum atomic E-state index is 12.6. The Labute approximate surface area is 129 Å². The van der Waals surface area contributed by atoms with Gasteiger partial charge in [-0.2, -0.15) is 0 Å². The van der Waals surface area contributed by atoms with E-state index < -0.39 is 0 Å². The van der Waals surface area contributed by atoms with Gasteiger partial charge in [0.1, 0.15) is 5.75 Å². The second-order valence-electron chi connectivity index (χ2n) is 4.19. The Kier molecular flexibility index (Phi) is 4.42. The van der Waals surface area contributed by atoms with Gasteiger partial charge in [0.05, 0.1) is 12.7 Å². The van der Waals surface area contributed by atoms with Crippen LogP contribution >= 0.6 is 31.9 Å². The largest absolute Gasteiger partial charge is 0.496 e. The van der Waals surface area contributed by atoms with E-state index in [2.05, 4.69) is 31.9 Å². The molecule has 19 heavy (non-hydrogen) atoms. The van der Waals surface area contributed by atoms with Crippen molar-refractivity contribution in [2.24, 2.45) is 0 Å². The standard InChI is InChI=1S/C15H12Br2O2/c1-9-5-10(7-12(17)6-9)15(18)13-8-11(16)3-4-14(13)19-2/h3-8H,1-2H3. The van der Waals surface area contributed by atoms with Gasteiger partial charge in [-0.3, -0.25) is 4.79 Å². The molecule has 0 atom stereocenters. The summed E-state index contributed by atoms with van der Waals surface area (Å²) in [5.74, 6) is 0.522. The van der Waals surface area contributed by atoms with Crippen molar-refractivity contribution in [1.29, 1.82) is 0 Å². The molecule has 2 aromatic carbocycles. The van der Waals surface area contributed by atoms with Gasteiger partial charge in [-0.05, 0) is 48.9 Å². The summed E-state index contributed by atoms with van der Waals surface area (Å²) in [6, 6.07) is 11.1. The van der Waals surface area contributed by atoms with Gasteiger partial charge in [-0.25, -0.2) is 0 Å². The molecule has 2 aromatic rings. The lowest BCUT2D eigenvalue weighted by Crippen LogP contribution is -2.04. The zero-order chi connectivity index (χ0) is 14.0. The number of aryl methyl sites for hydroxylation is 1. The van der Waals surface area contributed by atoms with Crippen LogP contribution in [0.2, 0.25) is 0 Å². The number of rotatable bonds is 3. The average Bonchev–Trinajstić information content (AvgIpc) is 2.36. The smallest absolute Gasteiger partial charge is 0.196 e. The number of halogens is 2. The Hall–Kier alpha value is -1.13. The Morgan fingerprint density at radius 3 is 2.42 bits per heavy atom. The third-order valence-electron chi connectivity index (χ3n) is 2.71. The molecule has 2 nitrogen and oxygen atoms in total. The SMILES string of the molecule is COc1ccc(Br)cc1C(=O)c1cc(C)cc(Br)c1. The second-order valence-corrected chi connectivity index (χ2v) is 6.02. The van der Waals surface area contributed by atoms with Crippen LogP contribution in [0, 0.1) is 6.92 Å². The van der Waals surface area contributed by atoms with E-state index in [1.807, 2.05) is 31.2 Å². The van der Waals surface area contributed by atoms with Crippen molar-refractivity contribution >= 4 is 37.6 Å². The number of hydrogen-bond donors (Lipinski definition) is 0. The van der Waals surface area contributed by atoms with Gasteiger partial charge in [0.15, 0.2) is 5.78 Å². The Morgan fingerprint density at radius 2 is 1.79 bits per heavy atom. The van der Waals surface area contributed by atoms with Gasteiger partial charge in [-0.15, -0.1) is 0 Å². The van der Waals surface area contributed by atoms with Gasteiger partial charge in [0.25, 0.3) is 0 Å². The molecule has 0 fully saturated rings. The first-order chi connectivity index (χ1) is 9.01. The van der Waals surface area contributed by atoms with E-state index in [4.69, 9.17) is 4.74 Å². The van der Waals surface area contributed by atoms with E-state index in [-0.39, 0.29) is 5.78 Å². The summed E-state index contributed by atoms with van der Waals surface area (Å²) >= 11 is 6.79. The third-order valence-corrected chi connectivity index (χ3v) is 3.66. The first kappa shape index (κ1) is 14.3. The van der Waals surface area contributed by atoms with Gasteiger partial charge >= 0.3 is 0 Å².